The Morgan fingerprint density at radius 1 is 1.07 bits per heavy atom. The number of hydrogen-bond donors (Lipinski definition) is 2. The van der Waals surface area contributed by atoms with Crippen molar-refractivity contribution in [1.82, 2.24) is 24.0 Å². The van der Waals surface area contributed by atoms with Gasteiger partial charge in [0.15, 0.2) is 5.75 Å². The molecule has 1 aromatic carbocycles. The Bertz CT molecular complexity index is 1370. The van der Waals surface area contributed by atoms with Gasteiger partial charge in [-0.15, -0.1) is 0 Å². The normalized spacial score (nSPS) is 25.4. The summed E-state index contributed by atoms with van der Waals surface area (Å²) in [7, 11) is -3.17. The average molecular weight is 576 g/mol. The molecule has 4 atom stereocenters. The van der Waals surface area contributed by atoms with Crippen molar-refractivity contribution in [1.29, 1.82) is 0 Å². The molecule has 2 bridgehead atoms. The van der Waals surface area contributed by atoms with Crippen LogP contribution in [-0.4, -0.2) is 108 Å². The van der Waals surface area contributed by atoms with Crippen molar-refractivity contribution in [2.45, 2.75) is 69.8 Å². The molecule has 12 heteroatoms. The van der Waals surface area contributed by atoms with Gasteiger partial charge < -0.3 is 19.7 Å². The number of aromatic nitrogens is 1. The third kappa shape index (κ3) is 6.36. The number of carbonyl (C=O) groups excluding carboxylic acids is 1. The molecule has 1 unspecified atom stereocenters. The summed E-state index contributed by atoms with van der Waals surface area (Å²) in [5.74, 6) is 0.0193. The Kier molecular flexibility index (Phi) is 8.53. The van der Waals surface area contributed by atoms with Crippen molar-refractivity contribution in [3.05, 3.63) is 40.7 Å². The number of carbonyl (C=O) groups is 1. The van der Waals surface area contributed by atoms with Crippen LogP contribution in [0.1, 0.15) is 45.6 Å². The van der Waals surface area contributed by atoms with E-state index in [4.69, 9.17) is 4.74 Å². The maximum Gasteiger partial charge on any atom is 0.413 e. The van der Waals surface area contributed by atoms with Gasteiger partial charge in [0.2, 0.25) is 10.0 Å². The van der Waals surface area contributed by atoms with E-state index in [1.54, 1.807) is 10.6 Å². The van der Waals surface area contributed by atoms with Crippen LogP contribution in [0.5, 0.6) is 5.75 Å². The number of piperazine rings is 1. The quantitative estimate of drug-likeness (QED) is 0.487. The topological polar surface area (TPSA) is 124 Å². The van der Waals surface area contributed by atoms with E-state index < -0.39 is 22.2 Å². The molecule has 3 aliphatic rings. The highest BCUT2D eigenvalue weighted by atomic mass is 32.2. The number of amides is 1. The van der Waals surface area contributed by atoms with Gasteiger partial charge in [-0.3, -0.25) is 14.6 Å². The summed E-state index contributed by atoms with van der Waals surface area (Å²) >= 11 is 0. The van der Waals surface area contributed by atoms with Gasteiger partial charge in [0, 0.05) is 68.8 Å². The molecule has 2 N–H and O–H groups in total. The number of sulfonamides is 1. The zero-order valence-corrected chi connectivity index (χ0v) is 24.3. The number of rotatable bonds is 8. The van der Waals surface area contributed by atoms with Crippen LogP contribution in [0.25, 0.3) is 10.9 Å². The lowest BCUT2D eigenvalue weighted by molar-refractivity contribution is 0.0282. The van der Waals surface area contributed by atoms with E-state index in [0.29, 0.717) is 39.3 Å². The van der Waals surface area contributed by atoms with E-state index in [2.05, 4.69) is 15.1 Å². The van der Waals surface area contributed by atoms with Crippen LogP contribution in [0.2, 0.25) is 0 Å². The molecule has 40 heavy (non-hydrogen) atoms. The molecule has 0 radical (unpaired) electrons. The number of nitrogens with zero attached hydrogens (tertiary/aromatic N) is 4. The summed E-state index contributed by atoms with van der Waals surface area (Å²) in [6.45, 7) is 7.07. The van der Waals surface area contributed by atoms with Crippen LogP contribution in [0.15, 0.2) is 35.1 Å². The standard InChI is InChI=1S/C28H41N5O6S/c1-19(2)33-25-7-5-4-6-20(25)14-26(27(33)35)39-28(36)29-21-15-22-8-9-23(16-21)32(22)18-24(34)17-30-10-12-31(13-11-30)40(3,37)38/h4-7,14,19,21-24,34H,8-13,15-18H2,1-3H3,(H,29,36)/t21?,22-,23+,24-/m0/s1. The molecule has 4 heterocycles. The van der Waals surface area contributed by atoms with Gasteiger partial charge in [0.05, 0.1) is 17.9 Å². The Morgan fingerprint density at radius 3 is 2.35 bits per heavy atom. The molecule has 3 aliphatic heterocycles. The molecule has 5 rings (SSSR count). The number of nitrogens with one attached hydrogen (secondary N) is 1. The van der Waals surface area contributed by atoms with Crippen LogP contribution in [0, 0.1) is 0 Å². The lowest BCUT2D eigenvalue weighted by Gasteiger charge is -2.41. The molecule has 1 aromatic heterocycles. The molecular weight excluding hydrogens is 534 g/mol. The predicted octanol–water partition coefficient (Wildman–Crippen LogP) is 1.60. The van der Waals surface area contributed by atoms with E-state index in [9.17, 15) is 23.1 Å². The first-order chi connectivity index (χ1) is 19.0. The molecule has 0 spiro atoms. The van der Waals surface area contributed by atoms with Gasteiger partial charge in [-0.2, -0.15) is 4.31 Å². The number of β-amino-alcohol motifs (C(OH)–C–C–N with tert-alkyl or cyclic N) is 1. The number of pyridine rings is 1. The maximum absolute atomic E-state index is 13.1. The van der Waals surface area contributed by atoms with Crippen molar-refractivity contribution < 1.29 is 23.1 Å². The smallest absolute Gasteiger partial charge is 0.404 e. The highest BCUT2D eigenvalue weighted by Gasteiger charge is 2.42. The lowest BCUT2D eigenvalue weighted by atomic mass is 9.97. The highest BCUT2D eigenvalue weighted by Crippen LogP contribution is 2.36. The van der Waals surface area contributed by atoms with Gasteiger partial charge in [-0.25, -0.2) is 13.2 Å². The third-order valence-electron chi connectivity index (χ3n) is 8.53. The number of fused-ring (bicyclic) bond motifs is 3. The van der Waals surface area contributed by atoms with Crippen LogP contribution in [0.4, 0.5) is 4.79 Å². The molecule has 1 amide bonds. The van der Waals surface area contributed by atoms with E-state index in [1.807, 2.05) is 38.1 Å². The molecule has 3 fully saturated rings. The molecule has 3 saturated heterocycles. The monoisotopic (exact) mass is 575 g/mol. The SMILES string of the molecule is CC(C)n1c(=O)c(OC(=O)NC2C[C@H]3CC[C@@H](C2)N3C[C@@H](O)CN2CCN(S(C)(=O)=O)CC2)cc2ccccc21. The fourth-order valence-electron chi connectivity index (χ4n) is 6.67. The Labute approximate surface area is 235 Å². The second kappa shape index (κ2) is 11.8. The minimum Gasteiger partial charge on any atom is -0.404 e. The van der Waals surface area contributed by atoms with Crippen molar-refractivity contribution >= 4 is 27.0 Å². The molecule has 11 nitrogen and oxygen atoms in total. The van der Waals surface area contributed by atoms with Crippen molar-refractivity contribution in [3.63, 3.8) is 0 Å². The molecule has 0 aliphatic carbocycles. The van der Waals surface area contributed by atoms with Gasteiger partial charge >= 0.3 is 6.09 Å². The third-order valence-corrected chi connectivity index (χ3v) is 9.83. The highest BCUT2D eigenvalue weighted by molar-refractivity contribution is 7.88. The van der Waals surface area contributed by atoms with E-state index in [-0.39, 0.29) is 35.5 Å². The molecule has 0 saturated carbocycles. The number of piperidine rings is 1. The minimum atomic E-state index is -3.17. The minimum absolute atomic E-state index is 0.0193. The van der Waals surface area contributed by atoms with Crippen LogP contribution in [0.3, 0.4) is 0 Å². The second-order valence-corrected chi connectivity index (χ2v) is 13.7. The predicted molar refractivity (Wildman–Crippen MR) is 153 cm³/mol. The molecular formula is C28H41N5O6S. The number of para-hydroxylation sites is 1. The summed E-state index contributed by atoms with van der Waals surface area (Å²) < 4.78 is 32.2. The molecule has 2 aromatic rings. The van der Waals surface area contributed by atoms with E-state index in [0.717, 1.165) is 36.6 Å². The number of aliphatic hydroxyl groups is 1. The first-order valence-electron chi connectivity index (χ1n) is 14.2. The van der Waals surface area contributed by atoms with E-state index >= 15 is 0 Å². The summed E-state index contributed by atoms with van der Waals surface area (Å²) in [4.78, 5) is 30.5. The summed E-state index contributed by atoms with van der Waals surface area (Å²) in [6.07, 6.45) is 3.64. The van der Waals surface area contributed by atoms with Crippen molar-refractivity contribution in [3.8, 4) is 5.75 Å². The van der Waals surface area contributed by atoms with Crippen molar-refractivity contribution in [2.75, 3.05) is 45.5 Å². The zero-order chi connectivity index (χ0) is 28.6. The second-order valence-electron chi connectivity index (χ2n) is 11.7. The Hall–Kier alpha value is -2.51. The van der Waals surface area contributed by atoms with Crippen LogP contribution in [-0.2, 0) is 10.0 Å². The Morgan fingerprint density at radius 2 is 1.73 bits per heavy atom. The van der Waals surface area contributed by atoms with Gasteiger partial charge in [-0.05, 0) is 51.7 Å². The number of ether oxygens (including phenoxy) is 1. The van der Waals surface area contributed by atoms with Gasteiger partial charge in [0.25, 0.3) is 5.56 Å². The van der Waals surface area contributed by atoms with Gasteiger partial charge in [-0.1, -0.05) is 18.2 Å². The maximum atomic E-state index is 13.1. The zero-order valence-electron chi connectivity index (χ0n) is 23.5. The summed E-state index contributed by atoms with van der Waals surface area (Å²) in [6, 6.07) is 9.57. The number of benzene rings is 1. The first kappa shape index (κ1) is 29.0. The summed E-state index contributed by atoms with van der Waals surface area (Å²) in [5.41, 5.74) is 0.475. The van der Waals surface area contributed by atoms with Crippen LogP contribution < -0.4 is 15.6 Å². The molecule has 220 valence electrons. The van der Waals surface area contributed by atoms with Gasteiger partial charge in [0.1, 0.15) is 0 Å². The van der Waals surface area contributed by atoms with Crippen LogP contribution >= 0.6 is 0 Å². The largest absolute Gasteiger partial charge is 0.413 e. The fourth-order valence-corrected chi connectivity index (χ4v) is 7.50. The van der Waals surface area contributed by atoms with E-state index in [1.165, 1.54) is 10.6 Å². The summed E-state index contributed by atoms with van der Waals surface area (Å²) in [5, 5.41) is 14.7. The number of aliphatic hydroxyl groups excluding tert-OH is 1. The average Bonchev–Trinajstić information content (AvgIpc) is 3.10. The lowest BCUT2D eigenvalue weighted by Crippen LogP contribution is -2.55. The Balaban J connectivity index is 1.14. The number of hydrogen-bond acceptors (Lipinski definition) is 8. The first-order valence-corrected chi connectivity index (χ1v) is 16.1. The fraction of sp³-hybridized carbons (Fsp3) is 0.643. The van der Waals surface area contributed by atoms with Crippen molar-refractivity contribution in [2.24, 2.45) is 0 Å².